The summed E-state index contributed by atoms with van der Waals surface area (Å²) in [5.41, 5.74) is 23.2. The zero-order chi connectivity index (χ0) is 45.6. The molecule has 1 nitrogen and oxygen atoms in total. The van der Waals surface area contributed by atoms with E-state index in [0.29, 0.717) is 0 Å². The largest absolute Gasteiger partial charge is 0.311 e. The van der Waals surface area contributed by atoms with Crippen molar-refractivity contribution in [3.8, 4) is 77.9 Å². The molecule has 1 aliphatic rings. The van der Waals surface area contributed by atoms with Crippen LogP contribution >= 0.6 is 0 Å². The van der Waals surface area contributed by atoms with Gasteiger partial charge in [0.15, 0.2) is 0 Å². The fraction of sp³-hybridized carbons (Fsp3) is 0.0448. The second-order valence-electron chi connectivity index (χ2n) is 18.6. The van der Waals surface area contributed by atoms with Gasteiger partial charge in [0, 0.05) is 22.5 Å². The van der Waals surface area contributed by atoms with Crippen molar-refractivity contribution in [3.05, 3.63) is 272 Å². The predicted molar refractivity (Wildman–Crippen MR) is 289 cm³/mol. The lowest BCUT2D eigenvalue weighted by Crippen LogP contribution is -2.14. The maximum atomic E-state index is 2.40. The maximum Gasteiger partial charge on any atom is 0.0462 e. The predicted octanol–water partition coefficient (Wildman–Crippen LogP) is 18.6. The van der Waals surface area contributed by atoms with Crippen molar-refractivity contribution in [2.24, 2.45) is 0 Å². The first kappa shape index (κ1) is 40.9. The summed E-state index contributed by atoms with van der Waals surface area (Å²) in [5, 5.41) is 2.52. The molecule has 11 aromatic carbocycles. The van der Waals surface area contributed by atoms with E-state index in [2.05, 4.69) is 280 Å². The van der Waals surface area contributed by atoms with Crippen molar-refractivity contribution < 1.29 is 0 Å². The van der Waals surface area contributed by atoms with Gasteiger partial charge in [0.05, 0.1) is 0 Å². The quantitative estimate of drug-likeness (QED) is 0.140. The molecule has 0 radical (unpaired) electrons. The first-order valence-corrected chi connectivity index (χ1v) is 23.6. The summed E-state index contributed by atoms with van der Waals surface area (Å²) in [7, 11) is 0. The van der Waals surface area contributed by atoms with Crippen LogP contribution in [0.25, 0.3) is 88.7 Å². The third-order valence-electron chi connectivity index (χ3n) is 14.1. The van der Waals surface area contributed by atoms with Crippen LogP contribution in [0.4, 0.5) is 17.1 Å². The molecule has 0 spiro atoms. The van der Waals surface area contributed by atoms with Gasteiger partial charge in [0.25, 0.3) is 0 Å². The van der Waals surface area contributed by atoms with E-state index in [9.17, 15) is 0 Å². The van der Waals surface area contributed by atoms with Gasteiger partial charge in [-0.15, -0.1) is 0 Å². The minimum Gasteiger partial charge on any atom is -0.311 e. The lowest BCUT2D eigenvalue weighted by Gasteiger charge is -2.26. The second kappa shape index (κ2) is 17.0. The van der Waals surface area contributed by atoms with Gasteiger partial charge in [0.1, 0.15) is 0 Å². The Labute approximate surface area is 399 Å². The normalized spacial score (nSPS) is 12.4. The molecule has 0 aromatic heterocycles. The standard InChI is InChI=1S/C67H49N/c1-67(2)65-18-9-8-17-63(65)64-42-35-59(45-66(64)67)54-33-40-62(41-34-54)68(60-36-29-51(30-37-60)49-21-19-48(20-22-49)46-11-4-3-5-12-46)61-38-31-52(32-39-61)50-23-25-53(26-24-50)56-15-10-16-57(43-56)58-28-27-47-13-6-7-14-55(47)44-58/h3-45H,1-2H3. The van der Waals surface area contributed by atoms with Gasteiger partial charge in [-0.1, -0.05) is 220 Å². The van der Waals surface area contributed by atoms with E-state index in [4.69, 9.17) is 0 Å². The van der Waals surface area contributed by atoms with E-state index < -0.39 is 0 Å². The van der Waals surface area contributed by atoms with Crippen molar-refractivity contribution in [1.82, 2.24) is 0 Å². The van der Waals surface area contributed by atoms with E-state index in [1.54, 1.807) is 0 Å². The highest BCUT2D eigenvalue weighted by Gasteiger charge is 2.35. The van der Waals surface area contributed by atoms with E-state index in [0.717, 1.165) is 17.1 Å². The van der Waals surface area contributed by atoms with Crippen molar-refractivity contribution in [2.75, 3.05) is 4.90 Å². The molecular formula is C67H49N. The van der Waals surface area contributed by atoms with Crippen LogP contribution in [0, 0.1) is 0 Å². The van der Waals surface area contributed by atoms with Crippen LogP contribution in [0.15, 0.2) is 261 Å². The molecule has 0 N–H and O–H groups in total. The van der Waals surface area contributed by atoms with Crippen molar-refractivity contribution in [2.45, 2.75) is 19.3 Å². The summed E-state index contributed by atoms with van der Waals surface area (Å²) in [5.74, 6) is 0. The first-order valence-electron chi connectivity index (χ1n) is 23.6. The minimum atomic E-state index is -0.0478. The van der Waals surface area contributed by atoms with Crippen LogP contribution in [0.5, 0.6) is 0 Å². The molecule has 0 heterocycles. The molecule has 68 heavy (non-hydrogen) atoms. The molecular weight excluding hydrogens is 819 g/mol. The van der Waals surface area contributed by atoms with Gasteiger partial charge >= 0.3 is 0 Å². The fourth-order valence-electron chi connectivity index (χ4n) is 10.3. The number of fused-ring (bicyclic) bond motifs is 4. The topological polar surface area (TPSA) is 3.24 Å². The molecule has 0 unspecified atom stereocenters. The highest BCUT2D eigenvalue weighted by atomic mass is 15.1. The van der Waals surface area contributed by atoms with Gasteiger partial charge in [-0.25, -0.2) is 0 Å². The van der Waals surface area contributed by atoms with Crippen LogP contribution in [-0.2, 0) is 5.41 Å². The number of nitrogens with zero attached hydrogens (tertiary/aromatic N) is 1. The van der Waals surface area contributed by atoms with Gasteiger partial charge in [-0.2, -0.15) is 0 Å². The molecule has 11 aromatic rings. The molecule has 0 fully saturated rings. The van der Waals surface area contributed by atoms with E-state index in [-0.39, 0.29) is 5.41 Å². The number of benzene rings is 11. The smallest absolute Gasteiger partial charge is 0.0462 e. The molecule has 322 valence electrons. The molecule has 0 bridgehead atoms. The molecule has 1 heteroatoms. The van der Waals surface area contributed by atoms with Crippen LogP contribution in [0.3, 0.4) is 0 Å². The molecule has 0 atom stereocenters. The number of anilines is 3. The zero-order valence-electron chi connectivity index (χ0n) is 38.3. The summed E-state index contributed by atoms with van der Waals surface area (Å²) in [6.45, 7) is 4.70. The zero-order valence-corrected chi connectivity index (χ0v) is 38.3. The maximum absolute atomic E-state index is 2.40. The summed E-state index contributed by atoms with van der Waals surface area (Å²) in [6.07, 6.45) is 0. The lowest BCUT2D eigenvalue weighted by atomic mass is 9.81. The van der Waals surface area contributed by atoms with Crippen LogP contribution in [0.2, 0.25) is 0 Å². The molecule has 0 saturated carbocycles. The molecule has 12 rings (SSSR count). The Morgan fingerprint density at radius 3 is 1.15 bits per heavy atom. The van der Waals surface area contributed by atoms with E-state index in [1.807, 2.05) is 0 Å². The molecule has 1 aliphatic carbocycles. The Hall–Kier alpha value is -8.52. The Morgan fingerprint density at radius 2 is 0.588 bits per heavy atom. The van der Waals surface area contributed by atoms with Gasteiger partial charge < -0.3 is 4.90 Å². The third-order valence-corrected chi connectivity index (χ3v) is 14.1. The lowest BCUT2D eigenvalue weighted by molar-refractivity contribution is 0.660. The average Bonchev–Trinajstić information content (AvgIpc) is 3.64. The summed E-state index contributed by atoms with van der Waals surface area (Å²) < 4.78 is 0. The van der Waals surface area contributed by atoms with Crippen LogP contribution in [0.1, 0.15) is 25.0 Å². The van der Waals surface area contributed by atoms with E-state index >= 15 is 0 Å². The number of rotatable bonds is 9. The van der Waals surface area contributed by atoms with Gasteiger partial charge in [-0.3, -0.25) is 0 Å². The van der Waals surface area contributed by atoms with Crippen molar-refractivity contribution in [3.63, 3.8) is 0 Å². The summed E-state index contributed by atoms with van der Waals surface area (Å²) >= 11 is 0. The average molecular weight is 868 g/mol. The Bertz CT molecular complexity index is 3580. The van der Waals surface area contributed by atoms with Gasteiger partial charge in [0.2, 0.25) is 0 Å². The fourth-order valence-corrected chi connectivity index (χ4v) is 10.3. The summed E-state index contributed by atoms with van der Waals surface area (Å²) in [4.78, 5) is 2.36. The van der Waals surface area contributed by atoms with Crippen molar-refractivity contribution in [1.29, 1.82) is 0 Å². The van der Waals surface area contributed by atoms with Crippen LogP contribution in [-0.4, -0.2) is 0 Å². The van der Waals surface area contributed by atoms with Gasteiger partial charge in [-0.05, 0) is 154 Å². The highest BCUT2D eigenvalue weighted by molar-refractivity contribution is 5.89. The molecule has 0 saturated heterocycles. The molecule has 0 amide bonds. The second-order valence-corrected chi connectivity index (χ2v) is 18.6. The summed E-state index contributed by atoms with van der Waals surface area (Å²) in [6, 6.07) is 95.5. The number of hydrogen-bond donors (Lipinski definition) is 0. The Balaban J connectivity index is 0.841. The van der Waals surface area contributed by atoms with Crippen LogP contribution < -0.4 is 4.90 Å². The van der Waals surface area contributed by atoms with E-state index in [1.165, 1.54) is 99.8 Å². The molecule has 0 aliphatic heterocycles. The highest BCUT2D eigenvalue weighted by Crippen LogP contribution is 2.50. The monoisotopic (exact) mass is 867 g/mol. The van der Waals surface area contributed by atoms with Crippen molar-refractivity contribution >= 4 is 27.8 Å². The third kappa shape index (κ3) is 7.59. The minimum absolute atomic E-state index is 0.0478. The first-order chi connectivity index (χ1) is 33.4. The Kier molecular flexibility index (Phi) is 10.3. The Morgan fingerprint density at radius 1 is 0.235 bits per heavy atom. The SMILES string of the molecule is CC1(C)c2ccccc2-c2ccc(-c3ccc(N(c4ccc(-c5ccc(-c6ccccc6)cc5)cc4)c4ccc(-c5ccc(-c6cccc(-c7ccc8ccccc8c7)c6)cc5)cc4)cc3)cc21. The number of hydrogen-bond acceptors (Lipinski definition) is 1.